The molecular formula is C15H23ClN2O3. The van der Waals surface area contributed by atoms with Crippen LogP contribution in [-0.4, -0.2) is 28.1 Å². The highest BCUT2D eigenvalue weighted by Crippen LogP contribution is 2.15. The first kappa shape index (κ1) is 17.6. The van der Waals surface area contributed by atoms with Crippen molar-refractivity contribution in [2.24, 2.45) is 5.92 Å². The number of carboxylic acid groups (broad SMARTS) is 1. The third kappa shape index (κ3) is 6.21. The van der Waals surface area contributed by atoms with E-state index in [0.29, 0.717) is 23.7 Å². The van der Waals surface area contributed by atoms with Crippen LogP contribution in [0.15, 0.2) is 12.3 Å². The summed E-state index contributed by atoms with van der Waals surface area (Å²) in [7, 11) is 0. The van der Waals surface area contributed by atoms with E-state index in [4.69, 9.17) is 16.7 Å². The van der Waals surface area contributed by atoms with Crippen LogP contribution in [0.25, 0.3) is 0 Å². The second-order valence-corrected chi connectivity index (χ2v) is 5.76. The van der Waals surface area contributed by atoms with Crippen molar-refractivity contribution in [3.05, 3.63) is 23.0 Å². The second kappa shape index (κ2) is 8.72. The highest BCUT2D eigenvalue weighted by Gasteiger charge is 2.13. The van der Waals surface area contributed by atoms with Gasteiger partial charge in [0.15, 0.2) is 0 Å². The van der Waals surface area contributed by atoms with Crippen LogP contribution in [0.1, 0.15) is 50.0 Å². The van der Waals surface area contributed by atoms with Gasteiger partial charge in [-0.2, -0.15) is 0 Å². The van der Waals surface area contributed by atoms with E-state index in [-0.39, 0.29) is 18.2 Å². The molecule has 0 saturated carbocycles. The molecular weight excluding hydrogens is 292 g/mol. The van der Waals surface area contributed by atoms with Crippen LogP contribution < -0.4 is 5.32 Å². The molecule has 1 heterocycles. The molecule has 21 heavy (non-hydrogen) atoms. The zero-order valence-electron chi connectivity index (χ0n) is 12.6. The van der Waals surface area contributed by atoms with Crippen LogP contribution in [0, 0.1) is 5.92 Å². The topological polar surface area (TPSA) is 71.3 Å². The number of hydrogen-bond acceptors (Lipinski definition) is 2. The summed E-state index contributed by atoms with van der Waals surface area (Å²) >= 11 is 5.94. The molecule has 1 unspecified atom stereocenters. The van der Waals surface area contributed by atoms with Crippen molar-refractivity contribution < 1.29 is 14.7 Å². The van der Waals surface area contributed by atoms with Crippen molar-refractivity contribution in [2.75, 3.05) is 6.54 Å². The van der Waals surface area contributed by atoms with Gasteiger partial charge in [-0.3, -0.25) is 9.59 Å². The van der Waals surface area contributed by atoms with Crippen molar-refractivity contribution in [3.63, 3.8) is 0 Å². The lowest BCUT2D eigenvalue weighted by Crippen LogP contribution is -2.27. The molecule has 6 heteroatoms. The fraction of sp³-hybridized carbons (Fsp3) is 0.600. The Bertz CT molecular complexity index is 485. The zero-order chi connectivity index (χ0) is 15.8. The summed E-state index contributed by atoms with van der Waals surface area (Å²) in [6, 6.07) is 1.67. The number of aliphatic carboxylic acids is 1. The van der Waals surface area contributed by atoms with Gasteiger partial charge < -0.3 is 15.0 Å². The Morgan fingerprint density at radius 1 is 1.43 bits per heavy atom. The molecule has 0 fully saturated rings. The Hall–Kier alpha value is -1.49. The summed E-state index contributed by atoms with van der Waals surface area (Å²) in [6.07, 6.45) is 4.25. The number of carboxylic acids is 1. The van der Waals surface area contributed by atoms with Gasteiger partial charge >= 0.3 is 5.97 Å². The van der Waals surface area contributed by atoms with Crippen molar-refractivity contribution in [1.29, 1.82) is 0 Å². The first-order valence-electron chi connectivity index (χ1n) is 7.29. The predicted octanol–water partition coefficient (Wildman–Crippen LogP) is 3.17. The Kier molecular flexibility index (Phi) is 7.29. The third-order valence-corrected chi connectivity index (χ3v) is 3.54. The molecule has 0 spiro atoms. The summed E-state index contributed by atoms with van der Waals surface area (Å²) in [5.74, 6) is -0.647. The highest BCUT2D eigenvalue weighted by atomic mass is 35.5. The number of aryl methyl sites for hydroxylation is 1. The van der Waals surface area contributed by atoms with Crippen LogP contribution in [0.4, 0.5) is 0 Å². The molecule has 0 aliphatic heterocycles. The summed E-state index contributed by atoms with van der Waals surface area (Å²) in [5, 5.41) is 12.0. The van der Waals surface area contributed by atoms with Crippen molar-refractivity contribution >= 4 is 23.5 Å². The highest BCUT2D eigenvalue weighted by molar-refractivity contribution is 6.31. The molecule has 0 radical (unpaired) electrons. The van der Waals surface area contributed by atoms with Gasteiger partial charge in [-0.05, 0) is 31.2 Å². The molecule has 0 aromatic carbocycles. The first-order chi connectivity index (χ1) is 9.93. The van der Waals surface area contributed by atoms with Gasteiger partial charge in [-0.1, -0.05) is 25.4 Å². The largest absolute Gasteiger partial charge is 0.481 e. The minimum absolute atomic E-state index is 0.138. The first-order valence-corrected chi connectivity index (χ1v) is 7.67. The summed E-state index contributed by atoms with van der Waals surface area (Å²) in [5.41, 5.74) is 0.569. The van der Waals surface area contributed by atoms with E-state index in [2.05, 4.69) is 5.32 Å². The smallest absolute Gasteiger partial charge is 0.303 e. The summed E-state index contributed by atoms with van der Waals surface area (Å²) in [6.45, 7) is 5.32. The molecule has 0 aliphatic carbocycles. The van der Waals surface area contributed by atoms with E-state index in [0.717, 1.165) is 19.4 Å². The number of nitrogens with zero attached hydrogens (tertiary/aromatic N) is 1. The van der Waals surface area contributed by atoms with Gasteiger partial charge in [0.25, 0.3) is 5.91 Å². The van der Waals surface area contributed by atoms with Gasteiger partial charge in [0.05, 0.1) is 5.02 Å². The zero-order valence-corrected chi connectivity index (χ0v) is 13.3. The molecule has 0 aliphatic rings. The molecule has 1 amide bonds. The molecule has 1 rings (SSSR count). The van der Waals surface area contributed by atoms with E-state index in [1.54, 1.807) is 12.3 Å². The Morgan fingerprint density at radius 2 is 2.14 bits per heavy atom. The number of hydrogen-bond donors (Lipinski definition) is 2. The maximum atomic E-state index is 12.1. The fourth-order valence-corrected chi connectivity index (χ4v) is 2.35. The van der Waals surface area contributed by atoms with Crippen LogP contribution in [-0.2, 0) is 11.3 Å². The minimum atomic E-state index is -0.780. The predicted molar refractivity (Wildman–Crippen MR) is 82.7 cm³/mol. The van der Waals surface area contributed by atoms with Crippen molar-refractivity contribution in [1.82, 2.24) is 9.88 Å². The van der Waals surface area contributed by atoms with Gasteiger partial charge in [-0.25, -0.2) is 0 Å². The summed E-state index contributed by atoms with van der Waals surface area (Å²) < 4.78 is 1.85. The molecule has 0 bridgehead atoms. The average Bonchev–Trinajstić information content (AvgIpc) is 2.78. The summed E-state index contributed by atoms with van der Waals surface area (Å²) in [4.78, 5) is 22.6. The standard InChI is InChI=1S/C15H23ClN2O3/c1-3-8-18-10-12(16)9-13(18)15(21)17-7-6-11(2)4-5-14(19)20/h9-11H,3-8H2,1-2H3,(H,17,21)(H,19,20). The second-order valence-electron chi connectivity index (χ2n) is 5.32. The molecule has 5 nitrogen and oxygen atoms in total. The maximum Gasteiger partial charge on any atom is 0.303 e. The van der Waals surface area contributed by atoms with E-state index in [1.807, 2.05) is 18.4 Å². The fourth-order valence-electron chi connectivity index (χ4n) is 2.13. The van der Waals surface area contributed by atoms with Crippen molar-refractivity contribution in [3.8, 4) is 0 Å². The number of carbonyl (C=O) groups is 2. The number of halogens is 1. The SMILES string of the molecule is CCCn1cc(Cl)cc1C(=O)NCCC(C)CCC(=O)O. The van der Waals surface area contributed by atoms with Crippen LogP contribution in [0.2, 0.25) is 5.02 Å². The van der Waals surface area contributed by atoms with Crippen LogP contribution >= 0.6 is 11.6 Å². The number of carbonyl (C=O) groups excluding carboxylic acids is 1. The average molecular weight is 315 g/mol. The lowest BCUT2D eigenvalue weighted by atomic mass is 10.0. The molecule has 0 saturated heterocycles. The Morgan fingerprint density at radius 3 is 2.76 bits per heavy atom. The van der Waals surface area contributed by atoms with Gasteiger partial charge in [0.2, 0.25) is 0 Å². The van der Waals surface area contributed by atoms with E-state index in [9.17, 15) is 9.59 Å². The number of aromatic nitrogens is 1. The Balaban J connectivity index is 2.41. The van der Waals surface area contributed by atoms with E-state index in [1.165, 1.54) is 0 Å². The van der Waals surface area contributed by atoms with Gasteiger partial charge in [0, 0.05) is 25.7 Å². The molecule has 1 atom stereocenters. The molecule has 118 valence electrons. The van der Waals surface area contributed by atoms with Gasteiger partial charge in [0.1, 0.15) is 5.69 Å². The van der Waals surface area contributed by atoms with E-state index < -0.39 is 5.97 Å². The number of rotatable bonds is 9. The van der Waals surface area contributed by atoms with E-state index >= 15 is 0 Å². The molecule has 2 N–H and O–H groups in total. The minimum Gasteiger partial charge on any atom is -0.481 e. The lowest BCUT2D eigenvalue weighted by molar-refractivity contribution is -0.137. The van der Waals surface area contributed by atoms with Crippen molar-refractivity contribution in [2.45, 2.75) is 46.1 Å². The molecule has 1 aromatic rings. The Labute approximate surface area is 130 Å². The monoisotopic (exact) mass is 314 g/mol. The van der Waals surface area contributed by atoms with Gasteiger partial charge in [-0.15, -0.1) is 0 Å². The number of nitrogens with one attached hydrogen (secondary N) is 1. The normalized spacial score (nSPS) is 12.1. The quantitative estimate of drug-likeness (QED) is 0.735. The number of amides is 1. The van der Waals surface area contributed by atoms with Crippen LogP contribution in [0.5, 0.6) is 0 Å². The maximum absolute atomic E-state index is 12.1. The van der Waals surface area contributed by atoms with Crippen LogP contribution in [0.3, 0.4) is 0 Å². The molecule has 1 aromatic heterocycles. The lowest BCUT2D eigenvalue weighted by Gasteiger charge is -2.12. The third-order valence-electron chi connectivity index (χ3n) is 3.33.